The van der Waals surface area contributed by atoms with Crippen molar-refractivity contribution in [2.45, 2.75) is 20.4 Å². The summed E-state index contributed by atoms with van der Waals surface area (Å²) in [4.78, 5) is 11.1. The van der Waals surface area contributed by atoms with Gasteiger partial charge < -0.3 is 10.1 Å². The van der Waals surface area contributed by atoms with E-state index in [-0.39, 0.29) is 11.9 Å². The second-order valence-electron chi connectivity index (χ2n) is 3.93. The first-order valence-corrected chi connectivity index (χ1v) is 5.32. The number of carbonyl (C=O) groups excluding carboxylic acids is 1. The number of methoxy groups -OCH3 is 1. The predicted molar refractivity (Wildman–Crippen MR) is 60.8 cm³/mol. The van der Waals surface area contributed by atoms with E-state index in [4.69, 9.17) is 0 Å². The van der Waals surface area contributed by atoms with Crippen molar-refractivity contribution in [3.63, 3.8) is 0 Å². The van der Waals surface area contributed by atoms with Crippen LogP contribution in [0.2, 0.25) is 0 Å². The predicted octanol–water partition coefficient (Wildman–Crippen LogP) is 0.627. The van der Waals surface area contributed by atoms with Crippen molar-refractivity contribution in [2.24, 2.45) is 13.0 Å². The Kier molecular flexibility index (Phi) is 4.49. The van der Waals surface area contributed by atoms with Gasteiger partial charge in [0.05, 0.1) is 19.2 Å². The zero-order valence-electron chi connectivity index (χ0n) is 10.3. The fourth-order valence-electron chi connectivity index (χ4n) is 1.43. The zero-order chi connectivity index (χ0) is 12.1. The molecule has 0 aliphatic heterocycles. The molecule has 1 aromatic heterocycles. The molecule has 0 fully saturated rings. The first kappa shape index (κ1) is 12.7. The SMILES string of the molecule is COC(=O)C(C)CNCc1cnn(C)c1C. The van der Waals surface area contributed by atoms with E-state index >= 15 is 0 Å². The number of aryl methyl sites for hydroxylation is 1. The van der Waals surface area contributed by atoms with Gasteiger partial charge in [-0.1, -0.05) is 6.92 Å². The number of hydrogen-bond acceptors (Lipinski definition) is 4. The van der Waals surface area contributed by atoms with Gasteiger partial charge in [0, 0.05) is 31.4 Å². The van der Waals surface area contributed by atoms with Gasteiger partial charge in [-0.3, -0.25) is 9.48 Å². The Bertz CT molecular complexity index is 360. The van der Waals surface area contributed by atoms with Crippen LogP contribution in [0.25, 0.3) is 0 Å². The highest BCUT2D eigenvalue weighted by Gasteiger charge is 2.12. The summed E-state index contributed by atoms with van der Waals surface area (Å²) in [5, 5.41) is 7.37. The van der Waals surface area contributed by atoms with E-state index in [2.05, 4.69) is 15.2 Å². The molecule has 1 N–H and O–H groups in total. The molecule has 0 saturated heterocycles. The van der Waals surface area contributed by atoms with Gasteiger partial charge in [-0.2, -0.15) is 5.10 Å². The van der Waals surface area contributed by atoms with Crippen molar-refractivity contribution in [1.82, 2.24) is 15.1 Å². The van der Waals surface area contributed by atoms with Crippen molar-refractivity contribution >= 4 is 5.97 Å². The average molecular weight is 225 g/mol. The van der Waals surface area contributed by atoms with Crippen LogP contribution < -0.4 is 5.32 Å². The molecule has 16 heavy (non-hydrogen) atoms. The third-order valence-corrected chi connectivity index (χ3v) is 2.71. The molecule has 0 radical (unpaired) electrons. The lowest BCUT2D eigenvalue weighted by Crippen LogP contribution is -2.27. The first-order valence-electron chi connectivity index (χ1n) is 5.32. The van der Waals surface area contributed by atoms with Gasteiger partial charge in [0.25, 0.3) is 0 Å². The van der Waals surface area contributed by atoms with Gasteiger partial charge >= 0.3 is 5.97 Å². The van der Waals surface area contributed by atoms with Gasteiger partial charge in [-0.25, -0.2) is 0 Å². The Morgan fingerprint density at radius 2 is 2.38 bits per heavy atom. The minimum absolute atomic E-state index is 0.123. The average Bonchev–Trinajstić information content (AvgIpc) is 2.59. The summed E-state index contributed by atoms with van der Waals surface area (Å²) in [7, 11) is 3.32. The van der Waals surface area contributed by atoms with Gasteiger partial charge in [-0.15, -0.1) is 0 Å². The van der Waals surface area contributed by atoms with Crippen molar-refractivity contribution in [1.29, 1.82) is 0 Å². The van der Waals surface area contributed by atoms with Crippen LogP contribution in [0, 0.1) is 12.8 Å². The molecule has 90 valence electrons. The molecule has 5 nitrogen and oxygen atoms in total. The van der Waals surface area contributed by atoms with E-state index in [1.807, 2.05) is 31.8 Å². The minimum atomic E-state index is -0.185. The summed E-state index contributed by atoms with van der Waals surface area (Å²) in [6.07, 6.45) is 1.84. The van der Waals surface area contributed by atoms with E-state index < -0.39 is 0 Å². The first-order chi connectivity index (χ1) is 7.56. The fourth-order valence-corrected chi connectivity index (χ4v) is 1.43. The van der Waals surface area contributed by atoms with E-state index in [9.17, 15) is 4.79 Å². The summed E-state index contributed by atoms with van der Waals surface area (Å²) < 4.78 is 6.48. The van der Waals surface area contributed by atoms with Gasteiger partial charge in [0.1, 0.15) is 0 Å². The molecule has 1 atom stereocenters. The van der Waals surface area contributed by atoms with Crippen LogP contribution >= 0.6 is 0 Å². The lowest BCUT2D eigenvalue weighted by atomic mass is 10.2. The highest BCUT2D eigenvalue weighted by Crippen LogP contribution is 2.05. The van der Waals surface area contributed by atoms with Crippen LogP contribution in [0.15, 0.2) is 6.20 Å². The summed E-state index contributed by atoms with van der Waals surface area (Å²) in [6, 6.07) is 0. The standard InChI is InChI=1S/C11H19N3O2/c1-8(11(15)16-4)5-12-6-10-7-13-14(3)9(10)2/h7-8,12H,5-6H2,1-4H3. The normalized spacial score (nSPS) is 12.5. The molecule has 1 unspecified atom stereocenters. The van der Waals surface area contributed by atoms with Crippen LogP contribution in [0.4, 0.5) is 0 Å². The molecule has 1 heterocycles. The summed E-state index contributed by atoms with van der Waals surface area (Å²) in [5.41, 5.74) is 2.29. The van der Waals surface area contributed by atoms with Crippen LogP contribution in [0.1, 0.15) is 18.2 Å². The Morgan fingerprint density at radius 3 is 2.88 bits per heavy atom. The Hall–Kier alpha value is -1.36. The minimum Gasteiger partial charge on any atom is -0.469 e. The quantitative estimate of drug-likeness (QED) is 0.747. The van der Waals surface area contributed by atoms with E-state index in [0.29, 0.717) is 6.54 Å². The molecule has 1 rings (SSSR count). The van der Waals surface area contributed by atoms with Crippen molar-refractivity contribution in [2.75, 3.05) is 13.7 Å². The molecule has 1 aromatic rings. The molecule has 0 amide bonds. The topological polar surface area (TPSA) is 56.1 Å². The second kappa shape index (κ2) is 5.65. The number of hydrogen-bond donors (Lipinski definition) is 1. The van der Waals surface area contributed by atoms with Crippen molar-refractivity contribution < 1.29 is 9.53 Å². The molecule has 0 bridgehead atoms. The van der Waals surface area contributed by atoms with Crippen LogP contribution in [-0.2, 0) is 23.1 Å². The van der Waals surface area contributed by atoms with Crippen molar-refractivity contribution in [3.05, 3.63) is 17.5 Å². The van der Waals surface area contributed by atoms with E-state index in [1.165, 1.54) is 7.11 Å². The summed E-state index contributed by atoms with van der Waals surface area (Å²) >= 11 is 0. The van der Waals surface area contributed by atoms with E-state index in [1.54, 1.807) is 0 Å². The molecule has 0 saturated carbocycles. The molecule has 5 heteroatoms. The number of carbonyl (C=O) groups is 1. The molecule has 0 aliphatic rings. The third-order valence-electron chi connectivity index (χ3n) is 2.71. The highest BCUT2D eigenvalue weighted by molar-refractivity contribution is 5.71. The molecular formula is C11H19N3O2. The number of esters is 1. The summed E-state index contributed by atoms with van der Waals surface area (Å²) in [5.74, 6) is -0.308. The molecular weight excluding hydrogens is 206 g/mol. The lowest BCUT2D eigenvalue weighted by Gasteiger charge is -2.10. The Morgan fingerprint density at radius 1 is 1.69 bits per heavy atom. The number of nitrogens with one attached hydrogen (secondary N) is 1. The maximum absolute atomic E-state index is 11.1. The number of aromatic nitrogens is 2. The van der Waals surface area contributed by atoms with Crippen LogP contribution in [0.5, 0.6) is 0 Å². The maximum atomic E-state index is 11.1. The van der Waals surface area contributed by atoms with Gasteiger partial charge in [0.2, 0.25) is 0 Å². The van der Waals surface area contributed by atoms with Gasteiger partial charge in [-0.05, 0) is 6.92 Å². The third kappa shape index (κ3) is 3.06. The highest BCUT2D eigenvalue weighted by atomic mass is 16.5. The number of rotatable bonds is 5. The van der Waals surface area contributed by atoms with Gasteiger partial charge in [0.15, 0.2) is 0 Å². The number of ether oxygens (including phenoxy) is 1. The molecule has 0 aliphatic carbocycles. The van der Waals surface area contributed by atoms with Crippen molar-refractivity contribution in [3.8, 4) is 0 Å². The molecule has 0 aromatic carbocycles. The fraction of sp³-hybridized carbons (Fsp3) is 0.636. The Balaban J connectivity index is 2.36. The van der Waals surface area contributed by atoms with Crippen LogP contribution in [-0.4, -0.2) is 29.4 Å². The smallest absolute Gasteiger partial charge is 0.309 e. The Labute approximate surface area is 95.8 Å². The van der Waals surface area contributed by atoms with Crippen LogP contribution in [0.3, 0.4) is 0 Å². The largest absolute Gasteiger partial charge is 0.469 e. The summed E-state index contributed by atoms with van der Waals surface area (Å²) in [6.45, 7) is 5.20. The maximum Gasteiger partial charge on any atom is 0.309 e. The monoisotopic (exact) mass is 225 g/mol. The zero-order valence-corrected chi connectivity index (χ0v) is 10.3. The lowest BCUT2D eigenvalue weighted by molar-refractivity contribution is -0.144. The van der Waals surface area contributed by atoms with E-state index in [0.717, 1.165) is 17.8 Å². The molecule has 0 spiro atoms. The number of nitrogens with zero attached hydrogens (tertiary/aromatic N) is 2. The second-order valence-corrected chi connectivity index (χ2v) is 3.93.